The van der Waals surface area contributed by atoms with Crippen LogP contribution in [0.15, 0.2) is 30.3 Å². The van der Waals surface area contributed by atoms with E-state index < -0.39 is 6.10 Å². The molecule has 1 aromatic carbocycles. The van der Waals surface area contributed by atoms with E-state index in [9.17, 15) is 4.79 Å². The molecule has 128 valence electrons. The molecule has 1 heterocycles. The molecule has 5 heteroatoms. The fourth-order valence-electron chi connectivity index (χ4n) is 2.92. The Bertz CT molecular complexity index is 472. The molecule has 1 fully saturated rings. The van der Waals surface area contributed by atoms with E-state index in [2.05, 4.69) is 16.8 Å². The topological polar surface area (TPSA) is 36.0 Å². The maximum Gasteiger partial charge on any atom is 0.256 e. The number of ether oxygens (including phenoxy) is 1. The highest BCUT2D eigenvalue weighted by atomic mass is 16.5. The molecular formula is C18H29N3O2. The van der Waals surface area contributed by atoms with Crippen LogP contribution in [0.25, 0.3) is 0 Å². The number of rotatable bonds is 7. The molecule has 1 amide bonds. The number of carbonyl (C=O) groups excluding carboxylic acids is 1. The van der Waals surface area contributed by atoms with Crippen LogP contribution < -0.4 is 0 Å². The van der Waals surface area contributed by atoms with Crippen LogP contribution in [0.3, 0.4) is 0 Å². The monoisotopic (exact) mass is 319 g/mol. The van der Waals surface area contributed by atoms with Crippen molar-refractivity contribution < 1.29 is 9.53 Å². The second-order valence-corrected chi connectivity index (χ2v) is 6.28. The molecule has 0 N–H and O–H groups in total. The van der Waals surface area contributed by atoms with Gasteiger partial charge in [-0.25, -0.2) is 0 Å². The Morgan fingerprint density at radius 2 is 1.87 bits per heavy atom. The number of amides is 1. The predicted molar refractivity (Wildman–Crippen MR) is 92.4 cm³/mol. The second-order valence-electron chi connectivity index (χ2n) is 6.28. The Balaban J connectivity index is 1.78. The van der Waals surface area contributed by atoms with Crippen molar-refractivity contribution >= 4 is 5.91 Å². The Labute approximate surface area is 139 Å². The lowest BCUT2D eigenvalue weighted by atomic mass is 10.1. The van der Waals surface area contributed by atoms with Crippen molar-refractivity contribution in [3.63, 3.8) is 0 Å². The molecule has 0 bridgehead atoms. The van der Waals surface area contributed by atoms with Gasteiger partial charge in [-0.05, 0) is 25.6 Å². The highest BCUT2D eigenvalue weighted by Crippen LogP contribution is 2.18. The largest absolute Gasteiger partial charge is 0.367 e. The molecule has 0 saturated carbocycles. The average Bonchev–Trinajstić information content (AvgIpc) is 2.58. The Morgan fingerprint density at radius 3 is 2.48 bits per heavy atom. The minimum Gasteiger partial charge on any atom is -0.367 e. The van der Waals surface area contributed by atoms with E-state index in [0.717, 1.165) is 51.3 Å². The number of benzene rings is 1. The second kappa shape index (κ2) is 9.01. The fourth-order valence-corrected chi connectivity index (χ4v) is 2.92. The summed E-state index contributed by atoms with van der Waals surface area (Å²) < 4.78 is 5.42. The van der Waals surface area contributed by atoms with E-state index in [4.69, 9.17) is 4.74 Å². The quantitative estimate of drug-likeness (QED) is 0.762. The first kappa shape index (κ1) is 17.9. The summed E-state index contributed by atoms with van der Waals surface area (Å²) in [5, 5.41) is 0. The number of carbonyl (C=O) groups is 1. The molecule has 1 aliphatic heterocycles. The fraction of sp³-hybridized carbons (Fsp3) is 0.611. The molecule has 1 unspecified atom stereocenters. The summed E-state index contributed by atoms with van der Waals surface area (Å²) >= 11 is 0. The molecule has 1 aromatic rings. The van der Waals surface area contributed by atoms with Gasteiger partial charge in [0.1, 0.15) is 0 Å². The number of nitrogens with zero attached hydrogens (tertiary/aromatic N) is 3. The van der Waals surface area contributed by atoms with Crippen LogP contribution in [0.2, 0.25) is 0 Å². The first-order valence-electron chi connectivity index (χ1n) is 8.35. The van der Waals surface area contributed by atoms with Crippen LogP contribution in [0.5, 0.6) is 0 Å². The van der Waals surface area contributed by atoms with Crippen LogP contribution in [0, 0.1) is 0 Å². The lowest BCUT2D eigenvalue weighted by molar-refractivity contribution is -0.141. The third-order valence-corrected chi connectivity index (χ3v) is 4.50. The van der Waals surface area contributed by atoms with Crippen molar-refractivity contribution in [3.05, 3.63) is 35.9 Å². The molecule has 0 radical (unpaired) electrons. The number of methoxy groups -OCH3 is 1. The van der Waals surface area contributed by atoms with Crippen molar-refractivity contribution in [2.45, 2.75) is 12.5 Å². The molecule has 0 spiro atoms. The summed E-state index contributed by atoms with van der Waals surface area (Å²) in [6.45, 7) is 6.33. The van der Waals surface area contributed by atoms with Gasteiger partial charge in [-0.1, -0.05) is 30.3 Å². The van der Waals surface area contributed by atoms with Gasteiger partial charge in [0.25, 0.3) is 5.91 Å². The Morgan fingerprint density at radius 1 is 1.22 bits per heavy atom. The Kier molecular flexibility index (Phi) is 7.02. The third kappa shape index (κ3) is 5.30. The summed E-state index contributed by atoms with van der Waals surface area (Å²) in [4.78, 5) is 19.2. The summed E-state index contributed by atoms with van der Waals surface area (Å²) in [5.74, 6) is 0.0251. The third-order valence-electron chi connectivity index (χ3n) is 4.50. The molecular weight excluding hydrogens is 290 g/mol. The number of hydrogen-bond acceptors (Lipinski definition) is 4. The van der Waals surface area contributed by atoms with E-state index in [0.29, 0.717) is 0 Å². The molecule has 0 aliphatic carbocycles. The van der Waals surface area contributed by atoms with Gasteiger partial charge in [0.2, 0.25) is 0 Å². The number of piperazine rings is 1. The zero-order valence-electron chi connectivity index (χ0n) is 14.6. The van der Waals surface area contributed by atoms with E-state index in [-0.39, 0.29) is 5.91 Å². The highest BCUT2D eigenvalue weighted by molar-refractivity contribution is 5.82. The number of hydrogen-bond donors (Lipinski definition) is 0. The smallest absolute Gasteiger partial charge is 0.256 e. The van der Waals surface area contributed by atoms with Gasteiger partial charge >= 0.3 is 0 Å². The first-order chi connectivity index (χ1) is 11.1. The predicted octanol–water partition coefficient (Wildman–Crippen LogP) is 1.47. The van der Waals surface area contributed by atoms with Gasteiger partial charge in [0.15, 0.2) is 6.10 Å². The normalized spacial score (nSPS) is 17.9. The molecule has 0 aromatic heterocycles. The van der Waals surface area contributed by atoms with E-state index in [1.165, 1.54) is 0 Å². The van der Waals surface area contributed by atoms with Crippen LogP contribution in [-0.2, 0) is 9.53 Å². The average molecular weight is 319 g/mol. The van der Waals surface area contributed by atoms with Crippen LogP contribution in [0.4, 0.5) is 0 Å². The standard InChI is InChI=1S/C18H29N3O2/c1-19-12-14-21(15-13-19)11-7-10-20(2)18(22)17(23-3)16-8-5-4-6-9-16/h4-6,8-9,17H,7,10-15H2,1-3H3. The van der Waals surface area contributed by atoms with E-state index in [1.54, 1.807) is 12.0 Å². The van der Waals surface area contributed by atoms with Crippen LogP contribution in [0.1, 0.15) is 18.1 Å². The maximum atomic E-state index is 12.6. The van der Waals surface area contributed by atoms with E-state index in [1.807, 2.05) is 37.4 Å². The van der Waals surface area contributed by atoms with E-state index >= 15 is 0 Å². The summed E-state index contributed by atoms with van der Waals surface area (Å²) in [6, 6.07) is 9.68. The van der Waals surface area contributed by atoms with Crippen molar-refractivity contribution in [2.24, 2.45) is 0 Å². The molecule has 1 aliphatic rings. The van der Waals surface area contributed by atoms with Gasteiger partial charge in [0.05, 0.1) is 0 Å². The van der Waals surface area contributed by atoms with Crippen molar-refractivity contribution in [2.75, 3.05) is 60.5 Å². The minimum atomic E-state index is -0.509. The highest BCUT2D eigenvalue weighted by Gasteiger charge is 2.23. The van der Waals surface area contributed by atoms with Crippen molar-refractivity contribution in [3.8, 4) is 0 Å². The zero-order valence-corrected chi connectivity index (χ0v) is 14.6. The lowest BCUT2D eigenvalue weighted by Crippen LogP contribution is -2.45. The van der Waals surface area contributed by atoms with Crippen molar-refractivity contribution in [1.82, 2.24) is 14.7 Å². The molecule has 1 atom stereocenters. The zero-order chi connectivity index (χ0) is 16.7. The summed E-state index contributed by atoms with van der Waals surface area (Å²) in [6.07, 6.45) is 0.488. The molecule has 1 saturated heterocycles. The van der Waals surface area contributed by atoms with Gasteiger partial charge < -0.3 is 19.4 Å². The SMILES string of the molecule is COC(C(=O)N(C)CCCN1CCN(C)CC1)c1ccccc1. The number of likely N-dealkylation sites (N-methyl/N-ethyl adjacent to an activating group) is 2. The summed E-state index contributed by atoms with van der Waals surface area (Å²) in [7, 11) is 5.62. The molecule has 5 nitrogen and oxygen atoms in total. The van der Waals surface area contributed by atoms with Gasteiger partial charge in [-0.15, -0.1) is 0 Å². The molecule has 2 rings (SSSR count). The van der Waals surface area contributed by atoms with Crippen LogP contribution >= 0.6 is 0 Å². The van der Waals surface area contributed by atoms with Gasteiger partial charge in [-0.2, -0.15) is 0 Å². The molecule has 23 heavy (non-hydrogen) atoms. The van der Waals surface area contributed by atoms with Crippen LogP contribution in [-0.4, -0.2) is 81.1 Å². The maximum absolute atomic E-state index is 12.6. The van der Waals surface area contributed by atoms with Crippen molar-refractivity contribution in [1.29, 1.82) is 0 Å². The first-order valence-corrected chi connectivity index (χ1v) is 8.35. The minimum absolute atomic E-state index is 0.0251. The summed E-state index contributed by atoms with van der Waals surface area (Å²) in [5.41, 5.74) is 0.908. The Hall–Kier alpha value is -1.43. The van der Waals surface area contributed by atoms with Gasteiger partial charge in [0, 0.05) is 46.9 Å². The van der Waals surface area contributed by atoms with Gasteiger partial charge in [-0.3, -0.25) is 4.79 Å². The lowest BCUT2D eigenvalue weighted by Gasteiger charge is -2.32.